The monoisotopic (exact) mass is 656 g/mol. The van der Waals surface area contributed by atoms with Gasteiger partial charge in [0.05, 0.1) is 17.3 Å². The second-order valence-corrected chi connectivity index (χ2v) is 14.4. The summed E-state index contributed by atoms with van der Waals surface area (Å²) in [5.41, 5.74) is 2.05. The van der Waals surface area contributed by atoms with Gasteiger partial charge in [-0.15, -0.1) is 0 Å². The van der Waals surface area contributed by atoms with Crippen molar-refractivity contribution in [2.24, 2.45) is 0 Å². The SMILES string of the molecule is C[C@@H]1CN(Cc2ccc(-c3cccc(-n4c(=O)n(C5CCC(NC(=O)OC(C)(C)C)CC5)c(=O)c5cc(F)cnc54)c3)cc2)C[C@H](C)N1. The number of hydrogen-bond acceptors (Lipinski definition) is 7. The topological polar surface area (TPSA) is 110 Å². The maximum Gasteiger partial charge on any atom is 0.407 e. The molecule has 0 spiro atoms. The van der Waals surface area contributed by atoms with Crippen molar-refractivity contribution in [1.82, 2.24) is 29.7 Å². The van der Waals surface area contributed by atoms with Crippen LogP contribution in [0.25, 0.3) is 27.8 Å². The molecule has 2 aromatic heterocycles. The number of halogens is 1. The summed E-state index contributed by atoms with van der Waals surface area (Å²) in [5, 5.41) is 6.52. The third-order valence-corrected chi connectivity index (χ3v) is 9.11. The van der Waals surface area contributed by atoms with E-state index in [2.05, 4.69) is 58.6 Å². The van der Waals surface area contributed by atoms with E-state index in [1.807, 2.05) is 18.2 Å². The molecule has 3 heterocycles. The normalized spacial score (nSPS) is 22.0. The van der Waals surface area contributed by atoms with Crippen LogP contribution in [0.15, 0.2) is 70.4 Å². The van der Waals surface area contributed by atoms with Crippen molar-refractivity contribution in [3.05, 3.63) is 93.0 Å². The maximum atomic E-state index is 14.5. The summed E-state index contributed by atoms with van der Waals surface area (Å²) in [6.45, 7) is 12.7. The van der Waals surface area contributed by atoms with Gasteiger partial charge in [0, 0.05) is 43.8 Å². The lowest BCUT2D eigenvalue weighted by Crippen LogP contribution is -2.53. The van der Waals surface area contributed by atoms with E-state index < -0.39 is 34.8 Å². The third kappa shape index (κ3) is 7.52. The van der Waals surface area contributed by atoms with Gasteiger partial charge in [0.15, 0.2) is 5.65 Å². The molecule has 10 nitrogen and oxygen atoms in total. The highest BCUT2D eigenvalue weighted by atomic mass is 19.1. The number of ether oxygens (including phenoxy) is 1. The van der Waals surface area contributed by atoms with E-state index in [1.165, 1.54) is 14.7 Å². The number of aromatic nitrogens is 3. The molecule has 6 rings (SSSR count). The summed E-state index contributed by atoms with van der Waals surface area (Å²) in [6.07, 6.45) is 2.64. The number of benzene rings is 2. The van der Waals surface area contributed by atoms with Crippen molar-refractivity contribution in [1.29, 1.82) is 0 Å². The number of nitrogens with zero attached hydrogens (tertiary/aromatic N) is 4. The predicted octanol–water partition coefficient (Wildman–Crippen LogP) is 5.54. The van der Waals surface area contributed by atoms with Crippen LogP contribution in [0.4, 0.5) is 9.18 Å². The fourth-order valence-electron chi connectivity index (χ4n) is 7.14. The Morgan fingerprint density at radius 1 is 0.979 bits per heavy atom. The number of carbonyl (C=O) groups excluding carboxylic acids is 1. The molecule has 4 aromatic rings. The lowest BCUT2D eigenvalue weighted by Gasteiger charge is -2.36. The molecule has 2 fully saturated rings. The van der Waals surface area contributed by atoms with Gasteiger partial charge in [0.1, 0.15) is 11.4 Å². The molecule has 0 bridgehead atoms. The fourth-order valence-corrected chi connectivity index (χ4v) is 7.14. The number of rotatable bonds is 6. The molecule has 1 saturated heterocycles. The van der Waals surface area contributed by atoms with E-state index >= 15 is 0 Å². The molecule has 0 radical (unpaired) electrons. The van der Waals surface area contributed by atoms with Gasteiger partial charge in [-0.25, -0.2) is 23.5 Å². The molecule has 11 heteroatoms. The summed E-state index contributed by atoms with van der Waals surface area (Å²) >= 11 is 0. The van der Waals surface area contributed by atoms with E-state index in [1.54, 1.807) is 26.8 Å². The minimum atomic E-state index is -0.653. The minimum Gasteiger partial charge on any atom is -0.444 e. The van der Waals surface area contributed by atoms with Gasteiger partial charge < -0.3 is 15.4 Å². The second kappa shape index (κ2) is 13.6. The Morgan fingerprint density at radius 3 is 2.33 bits per heavy atom. The zero-order valence-electron chi connectivity index (χ0n) is 28.3. The molecule has 1 aliphatic carbocycles. The highest BCUT2D eigenvalue weighted by Crippen LogP contribution is 2.29. The lowest BCUT2D eigenvalue weighted by molar-refractivity contribution is 0.0487. The molecule has 254 valence electrons. The first-order chi connectivity index (χ1) is 22.8. The Hall–Kier alpha value is -4.35. The van der Waals surface area contributed by atoms with Crippen molar-refractivity contribution < 1.29 is 13.9 Å². The molecular formula is C37H45FN6O4. The zero-order valence-corrected chi connectivity index (χ0v) is 28.3. The van der Waals surface area contributed by atoms with Crippen LogP contribution in [0.3, 0.4) is 0 Å². The molecule has 0 unspecified atom stereocenters. The largest absolute Gasteiger partial charge is 0.444 e. The van der Waals surface area contributed by atoms with Crippen molar-refractivity contribution >= 4 is 17.1 Å². The Bertz CT molecular complexity index is 1900. The van der Waals surface area contributed by atoms with Crippen LogP contribution in [0, 0.1) is 5.82 Å². The third-order valence-electron chi connectivity index (χ3n) is 9.11. The van der Waals surface area contributed by atoms with Crippen LogP contribution in [-0.4, -0.2) is 61.9 Å². The standard InChI is InChI=1S/C37H45FN6O4/c1-23-20-42(21-24(2)40-23)22-25-9-11-26(12-10-25)27-7-6-8-31(17-27)43-33-32(18-28(38)19-39-33)34(45)44(36(43)47)30-15-13-29(14-16-30)41-35(46)48-37(3,4)5/h6-12,17-19,23-24,29-30,40H,13-16,20-22H2,1-5H3,(H,41,46)/t23-,24+,29?,30?. The van der Waals surface area contributed by atoms with Crippen LogP contribution in [0.1, 0.15) is 71.9 Å². The zero-order chi connectivity index (χ0) is 34.2. The van der Waals surface area contributed by atoms with Gasteiger partial charge in [0.2, 0.25) is 0 Å². The summed E-state index contributed by atoms with van der Waals surface area (Å²) < 4.78 is 22.5. The predicted molar refractivity (Wildman–Crippen MR) is 185 cm³/mol. The molecule has 2 N–H and O–H groups in total. The van der Waals surface area contributed by atoms with Crippen molar-refractivity contribution in [3.8, 4) is 16.8 Å². The summed E-state index contributed by atoms with van der Waals surface area (Å²) in [4.78, 5) is 47.0. The highest BCUT2D eigenvalue weighted by Gasteiger charge is 2.29. The average molecular weight is 657 g/mol. The molecule has 1 aliphatic heterocycles. The molecule has 2 aromatic carbocycles. The molecule has 1 saturated carbocycles. The molecular weight excluding hydrogens is 611 g/mol. The van der Waals surface area contributed by atoms with Gasteiger partial charge in [0.25, 0.3) is 5.56 Å². The summed E-state index contributed by atoms with van der Waals surface area (Å²) in [6, 6.07) is 17.5. The molecule has 48 heavy (non-hydrogen) atoms. The van der Waals surface area contributed by atoms with Gasteiger partial charge in [-0.2, -0.15) is 0 Å². The number of piperazine rings is 1. The minimum absolute atomic E-state index is 0.0370. The Labute approximate surface area is 279 Å². The molecule has 2 atom stereocenters. The number of pyridine rings is 1. The van der Waals surface area contributed by atoms with Crippen LogP contribution in [0.5, 0.6) is 0 Å². The number of alkyl carbamates (subject to hydrolysis) is 1. The van der Waals surface area contributed by atoms with E-state index in [0.29, 0.717) is 43.5 Å². The van der Waals surface area contributed by atoms with E-state index in [-0.39, 0.29) is 17.1 Å². The van der Waals surface area contributed by atoms with Gasteiger partial charge >= 0.3 is 11.8 Å². The average Bonchev–Trinajstić information content (AvgIpc) is 3.01. The lowest BCUT2D eigenvalue weighted by atomic mass is 9.91. The summed E-state index contributed by atoms with van der Waals surface area (Å²) in [7, 11) is 0. The van der Waals surface area contributed by atoms with E-state index in [4.69, 9.17) is 4.74 Å². The van der Waals surface area contributed by atoms with E-state index in [9.17, 15) is 18.8 Å². The van der Waals surface area contributed by atoms with E-state index in [0.717, 1.165) is 43.0 Å². The van der Waals surface area contributed by atoms with Gasteiger partial charge in [-0.05, 0) is 95.2 Å². The number of amides is 1. The second-order valence-electron chi connectivity index (χ2n) is 14.4. The summed E-state index contributed by atoms with van der Waals surface area (Å²) in [5.74, 6) is -0.653. The maximum absolute atomic E-state index is 14.5. The first-order valence-electron chi connectivity index (χ1n) is 16.8. The van der Waals surface area contributed by atoms with Crippen molar-refractivity contribution in [2.45, 2.75) is 96.6 Å². The smallest absolute Gasteiger partial charge is 0.407 e. The molecule has 2 aliphatic rings. The number of fused-ring (bicyclic) bond motifs is 1. The molecule has 1 amide bonds. The Balaban J connectivity index is 1.28. The van der Waals surface area contributed by atoms with Crippen LogP contribution < -0.4 is 21.9 Å². The highest BCUT2D eigenvalue weighted by molar-refractivity contribution is 5.76. The van der Waals surface area contributed by atoms with Crippen LogP contribution >= 0.6 is 0 Å². The van der Waals surface area contributed by atoms with Gasteiger partial charge in [-0.1, -0.05) is 36.4 Å². The number of nitrogens with one attached hydrogen (secondary N) is 2. The van der Waals surface area contributed by atoms with Crippen molar-refractivity contribution in [2.75, 3.05) is 13.1 Å². The first kappa shape index (κ1) is 33.5. The Morgan fingerprint density at radius 2 is 1.67 bits per heavy atom. The first-order valence-corrected chi connectivity index (χ1v) is 16.8. The number of hydrogen-bond donors (Lipinski definition) is 2. The fraction of sp³-hybridized carbons (Fsp3) is 0.459. The number of carbonyl (C=O) groups is 1. The van der Waals surface area contributed by atoms with Gasteiger partial charge in [-0.3, -0.25) is 14.3 Å². The quantitative estimate of drug-likeness (QED) is 0.280. The van der Waals surface area contributed by atoms with Crippen LogP contribution in [0.2, 0.25) is 0 Å². The van der Waals surface area contributed by atoms with Crippen LogP contribution in [-0.2, 0) is 11.3 Å². The Kier molecular flexibility index (Phi) is 9.53. The van der Waals surface area contributed by atoms with Crippen molar-refractivity contribution in [3.63, 3.8) is 0 Å².